The Bertz CT molecular complexity index is 1390. The molecule has 1 spiro atoms. The fourth-order valence-electron chi connectivity index (χ4n) is 5.45. The average Bonchev–Trinajstić information content (AvgIpc) is 3.15. The van der Waals surface area contributed by atoms with Crippen molar-refractivity contribution in [2.45, 2.75) is 37.6 Å². The number of halogens is 1. The maximum Gasteiger partial charge on any atom is 0.272 e. The highest BCUT2D eigenvalue weighted by Gasteiger charge is 2.54. The SMILES string of the molecule is O=C(NC1CC2(C1)CC(c1n[nH]c(=O)c3ccccc13)C2)c1cnc2c(Cl)cccn12. The normalized spacial score (nSPS) is 24.8. The number of benzene rings is 1. The summed E-state index contributed by atoms with van der Waals surface area (Å²) >= 11 is 6.15. The summed E-state index contributed by atoms with van der Waals surface area (Å²) in [5, 5.41) is 12.3. The van der Waals surface area contributed by atoms with Crippen molar-refractivity contribution in [3.63, 3.8) is 0 Å². The third-order valence-corrected chi connectivity index (χ3v) is 7.18. The molecule has 4 aromatic rings. The summed E-state index contributed by atoms with van der Waals surface area (Å²) in [6, 6.07) is 11.4. The largest absolute Gasteiger partial charge is 0.348 e. The molecule has 8 heteroatoms. The second kappa shape index (κ2) is 6.65. The third kappa shape index (κ3) is 2.87. The summed E-state index contributed by atoms with van der Waals surface area (Å²) in [4.78, 5) is 29.0. The minimum atomic E-state index is -0.145. The summed E-state index contributed by atoms with van der Waals surface area (Å²) in [6.07, 6.45) is 7.37. The van der Waals surface area contributed by atoms with Crippen LogP contribution in [0.1, 0.15) is 47.8 Å². The lowest BCUT2D eigenvalue weighted by Gasteiger charge is -2.57. The minimum Gasteiger partial charge on any atom is -0.348 e. The number of amides is 1. The second-order valence-electron chi connectivity index (χ2n) is 8.86. The van der Waals surface area contributed by atoms with Gasteiger partial charge >= 0.3 is 0 Å². The Morgan fingerprint density at radius 3 is 2.71 bits per heavy atom. The van der Waals surface area contributed by atoms with E-state index in [1.54, 1.807) is 28.9 Å². The van der Waals surface area contributed by atoms with Crippen LogP contribution in [-0.4, -0.2) is 31.5 Å². The second-order valence-corrected chi connectivity index (χ2v) is 9.27. The highest BCUT2D eigenvalue weighted by Crippen LogP contribution is 2.62. The van der Waals surface area contributed by atoms with E-state index >= 15 is 0 Å². The van der Waals surface area contributed by atoms with E-state index in [0.717, 1.165) is 36.8 Å². The van der Waals surface area contributed by atoms with Gasteiger partial charge in [0, 0.05) is 23.5 Å². The molecule has 3 heterocycles. The van der Waals surface area contributed by atoms with E-state index in [1.165, 1.54) is 0 Å². The summed E-state index contributed by atoms with van der Waals surface area (Å²) in [6.45, 7) is 0. The molecule has 1 amide bonds. The number of hydrogen-bond acceptors (Lipinski definition) is 4. The van der Waals surface area contributed by atoms with E-state index < -0.39 is 0 Å². The Hall–Kier alpha value is -3.19. The predicted octanol–water partition coefficient (Wildman–Crippen LogP) is 3.68. The number of pyridine rings is 1. The molecular weight excluding hydrogens is 414 g/mol. The van der Waals surface area contributed by atoms with Crippen LogP contribution in [0.4, 0.5) is 0 Å². The number of carbonyl (C=O) groups is 1. The average molecular weight is 434 g/mol. The van der Waals surface area contributed by atoms with E-state index in [4.69, 9.17) is 11.6 Å². The van der Waals surface area contributed by atoms with Crippen LogP contribution in [0.3, 0.4) is 0 Å². The van der Waals surface area contributed by atoms with Gasteiger partial charge in [0.1, 0.15) is 5.69 Å². The molecule has 2 aliphatic rings. The quantitative estimate of drug-likeness (QED) is 0.515. The van der Waals surface area contributed by atoms with Gasteiger partial charge in [-0.2, -0.15) is 5.10 Å². The lowest BCUT2D eigenvalue weighted by atomic mass is 9.49. The smallest absolute Gasteiger partial charge is 0.272 e. The molecule has 0 aliphatic heterocycles. The molecule has 2 aliphatic carbocycles. The van der Waals surface area contributed by atoms with E-state index in [-0.39, 0.29) is 22.9 Å². The number of fused-ring (bicyclic) bond motifs is 2. The number of H-pyrrole nitrogens is 1. The van der Waals surface area contributed by atoms with Crippen LogP contribution in [0.15, 0.2) is 53.6 Å². The minimum absolute atomic E-state index is 0.126. The standard InChI is InChI=1S/C23H20ClN5O2/c24-17-6-3-7-29-18(12-25-20(17)29)22(31)26-14-10-23(11-14)8-13(9-23)19-15-4-1-2-5-16(15)21(30)28-27-19/h1-7,12-14H,8-11H2,(H,26,31)(H,28,30). The first-order valence-electron chi connectivity index (χ1n) is 10.4. The molecule has 0 unspecified atom stereocenters. The fourth-order valence-corrected chi connectivity index (χ4v) is 5.66. The highest BCUT2D eigenvalue weighted by molar-refractivity contribution is 6.33. The van der Waals surface area contributed by atoms with Gasteiger partial charge in [0.15, 0.2) is 5.65 Å². The first kappa shape index (κ1) is 18.6. The molecule has 6 rings (SSSR count). The van der Waals surface area contributed by atoms with Gasteiger partial charge in [-0.25, -0.2) is 10.1 Å². The van der Waals surface area contributed by atoms with Crippen molar-refractivity contribution in [3.8, 4) is 0 Å². The van der Waals surface area contributed by atoms with Crippen molar-refractivity contribution < 1.29 is 4.79 Å². The fraction of sp³-hybridized carbons (Fsp3) is 0.304. The number of aromatic nitrogens is 4. The Balaban J connectivity index is 1.12. The van der Waals surface area contributed by atoms with Crippen molar-refractivity contribution in [1.82, 2.24) is 24.9 Å². The number of aromatic amines is 1. The summed E-state index contributed by atoms with van der Waals surface area (Å²) < 4.78 is 1.72. The number of imidazole rings is 1. The molecule has 1 aromatic carbocycles. The monoisotopic (exact) mass is 433 g/mol. The topological polar surface area (TPSA) is 92.1 Å². The lowest BCUT2D eigenvalue weighted by Crippen LogP contribution is -2.55. The maximum absolute atomic E-state index is 12.8. The van der Waals surface area contributed by atoms with E-state index in [9.17, 15) is 9.59 Å². The van der Waals surface area contributed by atoms with Crippen LogP contribution in [0.25, 0.3) is 16.4 Å². The van der Waals surface area contributed by atoms with Gasteiger partial charge in [-0.1, -0.05) is 29.8 Å². The van der Waals surface area contributed by atoms with E-state index in [0.29, 0.717) is 27.7 Å². The number of nitrogens with one attached hydrogen (secondary N) is 2. The number of carbonyl (C=O) groups excluding carboxylic acids is 1. The zero-order valence-electron chi connectivity index (χ0n) is 16.6. The van der Waals surface area contributed by atoms with E-state index in [1.807, 2.05) is 24.3 Å². The van der Waals surface area contributed by atoms with Crippen LogP contribution >= 0.6 is 11.6 Å². The molecule has 0 atom stereocenters. The van der Waals surface area contributed by atoms with Crippen molar-refractivity contribution >= 4 is 33.9 Å². The molecule has 3 aromatic heterocycles. The Labute approximate surface area is 182 Å². The maximum atomic E-state index is 12.8. The van der Waals surface area contributed by atoms with Crippen LogP contribution in [0, 0.1) is 5.41 Å². The molecule has 156 valence electrons. The van der Waals surface area contributed by atoms with Crippen LogP contribution in [-0.2, 0) is 0 Å². The van der Waals surface area contributed by atoms with Crippen molar-refractivity contribution in [3.05, 3.63) is 75.6 Å². The van der Waals surface area contributed by atoms with Gasteiger partial charge in [-0.05, 0) is 49.3 Å². The van der Waals surface area contributed by atoms with Gasteiger partial charge < -0.3 is 5.32 Å². The van der Waals surface area contributed by atoms with Crippen LogP contribution < -0.4 is 10.9 Å². The van der Waals surface area contributed by atoms with Crippen LogP contribution in [0.2, 0.25) is 5.02 Å². The summed E-state index contributed by atoms with van der Waals surface area (Å²) in [5.41, 5.74) is 2.18. The molecule has 31 heavy (non-hydrogen) atoms. The molecule has 0 saturated heterocycles. The number of hydrogen-bond donors (Lipinski definition) is 2. The molecule has 0 bridgehead atoms. The zero-order valence-corrected chi connectivity index (χ0v) is 17.4. The van der Waals surface area contributed by atoms with Gasteiger partial charge in [0.05, 0.1) is 22.3 Å². The third-order valence-electron chi connectivity index (χ3n) is 6.89. The highest BCUT2D eigenvalue weighted by atomic mass is 35.5. The zero-order chi connectivity index (χ0) is 21.2. The Kier molecular flexibility index (Phi) is 3.99. The van der Waals surface area contributed by atoms with Gasteiger partial charge in [0.2, 0.25) is 0 Å². The molecule has 2 N–H and O–H groups in total. The number of nitrogens with zero attached hydrogens (tertiary/aromatic N) is 3. The van der Waals surface area contributed by atoms with Gasteiger partial charge in [0.25, 0.3) is 11.5 Å². The summed E-state index contributed by atoms with van der Waals surface area (Å²) in [5.74, 6) is 0.220. The molecular formula is C23H20ClN5O2. The predicted molar refractivity (Wildman–Crippen MR) is 117 cm³/mol. The Morgan fingerprint density at radius 1 is 1.13 bits per heavy atom. The van der Waals surface area contributed by atoms with Crippen LogP contribution in [0.5, 0.6) is 0 Å². The van der Waals surface area contributed by atoms with E-state index in [2.05, 4.69) is 20.5 Å². The molecule has 0 radical (unpaired) electrons. The lowest BCUT2D eigenvalue weighted by molar-refractivity contribution is -0.0197. The van der Waals surface area contributed by atoms with Crippen molar-refractivity contribution in [2.24, 2.45) is 5.41 Å². The molecule has 2 fully saturated rings. The number of rotatable bonds is 3. The first-order valence-corrected chi connectivity index (χ1v) is 10.8. The summed E-state index contributed by atoms with van der Waals surface area (Å²) in [7, 11) is 0. The van der Waals surface area contributed by atoms with Gasteiger partial charge in [-0.3, -0.25) is 14.0 Å². The van der Waals surface area contributed by atoms with Crippen molar-refractivity contribution in [1.29, 1.82) is 0 Å². The molecule has 7 nitrogen and oxygen atoms in total. The Morgan fingerprint density at radius 2 is 1.90 bits per heavy atom. The molecule has 2 saturated carbocycles. The van der Waals surface area contributed by atoms with Crippen molar-refractivity contribution in [2.75, 3.05) is 0 Å². The first-order chi connectivity index (χ1) is 15.0. The van der Waals surface area contributed by atoms with Gasteiger partial charge in [-0.15, -0.1) is 0 Å².